The summed E-state index contributed by atoms with van der Waals surface area (Å²) in [4.78, 5) is 29.2. The molecule has 1 saturated carbocycles. The standard InChI is InChI=1S/C21H29ClN2O2.ClH/c22-18-9-7-17(8-10-18)20(25)11-12-21(26)24-15-13-23(14-16-24)19-5-3-1-2-4-6-19;/h7-10,19H,1-6,11-16H2;1H. The van der Waals surface area contributed by atoms with Crippen LogP contribution in [0.5, 0.6) is 0 Å². The van der Waals surface area contributed by atoms with Crippen LogP contribution in [0.1, 0.15) is 61.7 Å². The van der Waals surface area contributed by atoms with Crippen LogP contribution >= 0.6 is 24.0 Å². The molecule has 0 bridgehead atoms. The molecular weight excluding hydrogens is 383 g/mol. The van der Waals surface area contributed by atoms with E-state index in [4.69, 9.17) is 11.6 Å². The Kier molecular flexibility index (Phi) is 9.07. The van der Waals surface area contributed by atoms with Crippen molar-refractivity contribution in [3.05, 3.63) is 34.9 Å². The van der Waals surface area contributed by atoms with Gasteiger partial charge in [0.2, 0.25) is 5.91 Å². The van der Waals surface area contributed by atoms with Gasteiger partial charge in [-0.3, -0.25) is 14.5 Å². The van der Waals surface area contributed by atoms with Crippen LogP contribution in [0.15, 0.2) is 24.3 Å². The number of carbonyl (C=O) groups excluding carboxylic acids is 2. The zero-order chi connectivity index (χ0) is 18.4. The first-order valence-corrected chi connectivity index (χ1v) is 10.3. The second-order valence-corrected chi connectivity index (χ2v) is 7.93. The molecule has 1 amide bonds. The maximum absolute atomic E-state index is 12.5. The van der Waals surface area contributed by atoms with E-state index in [1.165, 1.54) is 38.5 Å². The molecular formula is C21H30Cl2N2O2. The topological polar surface area (TPSA) is 40.6 Å². The molecule has 1 aliphatic carbocycles. The first-order valence-electron chi connectivity index (χ1n) is 9.94. The molecule has 150 valence electrons. The summed E-state index contributed by atoms with van der Waals surface area (Å²) in [5, 5.41) is 0.615. The van der Waals surface area contributed by atoms with Crippen molar-refractivity contribution < 1.29 is 9.59 Å². The van der Waals surface area contributed by atoms with Crippen molar-refractivity contribution in [2.45, 2.75) is 57.4 Å². The van der Waals surface area contributed by atoms with Gasteiger partial charge in [0, 0.05) is 55.6 Å². The maximum atomic E-state index is 12.5. The number of Topliss-reactive ketones (excluding diaryl/α,β-unsaturated/α-hetero) is 1. The summed E-state index contributed by atoms with van der Waals surface area (Å²) in [6.45, 7) is 3.54. The lowest BCUT2D eigenvalue weighted by atomic mass is 10.0. The molecule has 1 aromatic carbocycles. The highest BCUT2D eigenvalue weighted by atomic mass is 35.5. The predicted octanol–water partition coefficient (Wildman–Crippen LogP) is 4.59. The number of piperazine rings is 1. The van der Waals surface area contributed by atoms with E-state index in [-0.39, 0.29) is 30.5 Å². The van der Waals surface area contributed by atoms with Gasteiger partial charge < -0.3 is 4.90 Å². The number of carbonyl (C=O) groups is 2. The first-order chi connectivity index (χ1) is 12.6. The summed E-state index contributed by atoms with van der Waals surface area (Å²) in [6, 6.07) is 7.58. The van der Waals surface area contributed by atoms with Crippen LogP contribution in [-0.4, -0.2) is 53.7 Å². The van der Waals surface area contributed by atoms with Gasteiger partial charge in [-0.05, 0) is 37.1 Å². The van der Waals surface area contributed by atoms with Crippen LogP contribution in [0, 0.1) is 0 Å². The molecule has 3 rings (SSSR count). The number of nitrogens with zero attached hydrogens (tertiary/aromatic N) is 2. The summed E-state index contributed by atoms with van der Waals surface area (Å²) in [5.74, 6) is 0.111. The SMILES string of the molecule is Cl.O=C(CCC(=O)N1CCN(C2CCCCCC2)CC1)c1ccc(Cl)cc1. The molecule has 1 saturated heterocycles. The molecule has 1 aliphatic heterocycles. The Morgan fingerprint density at radius 1 is 0.889 bits per heavy atom. The molecule has 2 fully saturated rings. The number of ketones is 1. The molecule has 0 unspecified atom stereocenters. The van der Waals surface area contributed by atoms with E-state index in [2.05, 4.69) is 4.90 Å². The van der Waals surface area contributed by atoms with Gasteiger partial charge in [-0.2, -0.15) is 0 Å². The molecule has 0 atom stereocenters. The zero-order valence-electron chi connectivity index (χ0n) is 15.9. The molecule has 0 spiro atoms. The van der Waals surface area contributed by atoms with Crippen LogP contribution in [-0.2, 0) is 4.79 Å². The van der Waals surface area contributed by atoms with Crippen molar-refractivity contribution in [1.29, 1.82) is 0 Å². The highest BCUT2D eigenvalue weighted by molar-refractivity contribution is 6.30. The number of hydrogen-bond acceptors (Lipinski definition) is 3. The molecule has 27 heavy (non-hydrogen) atoms. The van der Waals surface area contributed by atoms with Gasteiger partial charge in [-0.1, -0.05) is 37.3 Å². The minimum atomic E-state index is 0. The molecule has 6 heteroatoms. The fraction of sp³-hybridized carbons (Fsp3) is 0.619. The monoisotopic (exact) mass is 412 g/mol. The molecule has 4 nitrogen and oxygen atoms in total. The minimum absolute atomic E-state index is 0. The van der Waals surface area contributed by atoms with E-state index in [1.54, 1.807) is 24.3 Å². The smallest absolute Gasteiger partial charge is 0.223 e. The number of halogens is 2. The van der Waals surface area contributed by atoms with Crippen molar-refractivity contribution >= 4 is 35.7 Å². The van der Waals surface area contributed by atoms with Gasteiger partial charge in [0.1, 0.15) is 0 Å². The largest absolute Gasteiger partial charge is 0.340 e. The van der Waals surface area contributed by atoms with E-state index in [0.717, 1.165) is 26.2 Å². The lowest BCUT2D eigenvalue weighted by Gasteiger charge is -2.39. The van der Waals surface area contributed by atoms with Crippen molar-refractivity contribution in [2.75, 3.05) is 26.2 Å². The Labute approximate surface area is 173 Å². The Morgan fingerprint density at radius 2 is 1.48 bits per heavy atom. The third-order valence-corrected chi connectivity index (χ3v) is 5.99. The highest BCUT2D eigenvalue weighted by Crippen LogP contribution is 2.23. The van der Waals surface area contributed by atoms with Crippen molar-refractivity contribution in [3.63, 3.8) is 0 Å². The summed E-state index contributed by atoms with van der Waals surface area (Å²) >= 11 is 5.85. The Bertz CT molecular complexity index is 605. The van der Waals surface area contributed by atoms with Gasteiger partial charge in [0.05, 0.1) is 0 Å². The van der Waals surface area contributed by atoms with E-state index in [0.29, 0.717) is 23.0 Å². The molecule has 0 radical (unpaired) electrons. The number of rotatable bonds is 5. The van der Waals surface area contributed by atoms with Crippen LogP contribution in [0.2, 0.25) is 5.02 Å². The number of benzene rings is 1. The highest BCUT2D eigenvalue weighted by Gasteiger charge is 2.26. The van der Waals surface area contributed by atoms with E-state index < -0.39 is 0 Å². The average Bonchev–Trinajstić information content (AvgIpc) is 2.96. The second kappa shape index (κ2) is 11.0. The minimum Gasteiger partial charge on any atom is -0.340 e. The predicted molar refractivity (Wildman–Crippen MR) is 112 cm³/mol. The molecule has 0 aromatic heterocycles. The van der Waals surface area contributed by atoms with E-state index in [9.17, 15) is 9.59 Å². The summed E-state index contributed by atoms with van der Waals surface area (Å²) in [5.41, 5.74) is 0.625. The van der Waals surface area contributed by atoms with Gasteiger partial charge in [0.15, 0.2) is 5.78 Å². The third-order valence-electron chi connectivity index (χ3n) is 5.74. The Hall–Kier alpha value is -1.10. The van der Waals surface area contributed by atoms with Gasteiger partial charge in [-0.15, -0.1) is 12.4 Å². The maximum Gasteiger partial charge on any atom is 0.223 e. The number of hydrogen-bond donors (Lipinski definition) is 0. The molecule has 1 heterocycles. The van der Waals surface area contributed by atoms with Gasteiger partial charge in [-0.25, -0.2) is 0 Å². The molecule has 0 N–H and O–H groups in total. The van der Waals surface area contributed by atoms with Crippen LogP contribution < -0.4 is 0 Å². The van der Waals surface area contributed by atoms with E-state index >= 15 is 0 Å². The summed E-state index contributed by atoms with van der Waals surface area (Å²) in [6.07, 6.45) is 8.61. The van der Waals surface area contributed by atoms with Crippen LogP contribution in [0.25, 0.3) is 0 Å². The van der Waals surface area contributed by atoms with Crippen LogP contribution in [0.4, 0.5) is 0 Å². The van der Waals surface area contributed by atoms with Crippen molar-refractivity contribution in [2.24, 2.45) is 0 Å². The zero-order valence-corrected chi connectivity index (χ0v) is 17.4. The number of amides is 1. The molecule has 1 aromatic rings. The first kappa shape index (κ1) is 22.2. The lowest BCUT2D eigenvalue weighted by molar-refractivity contribution is -0.133. The quantitative estimate of drug-likeness (QED) is 0.524. The van der Waals surface area contributed by atoms with E-state index in [1.807, 2.05) is 4.90 Å². The van der Waals surface area contributed by atoms with Gasteiger partial charge >= 0.3 is 0 Å². The molecule has 2 aliphatic rings. The third kappa shape index (κ3) is 6.48. The second-order valence-electron chi connectivity index (χ2n) is 7.49. The normalized spacial score (nSPS) is 19.2. The fourth-order valence-electron chi connectivity index (χ4n) is 4.12. The van der Waals surface area contributed by atoms with Crippen LogP contribution in [0.3, 0.4) is 0 Å². The summed E-state index contributed by atoms with van der Waals surface area (Å²) in [7, 11) is 0. The Morgan fingerprint density at radius 3 is 2.07 bits per heavy atom. The average molecular weight is 413 g/mol. The lowest BCUT2D eigenvalue weighted by Crippen LogP contribution is -2.51. The van der Waals surface area contributed by atoms with Crippen molar-refractivity contribution in [1.82, 2.24) is 9.80 Å². The fourth-order valence-corrected chi connectivity index (χ4v) is 4.24. The van der Waals surface area contributed by atoms with Crippen molar-refractivity contribution in [3.8, 4) is 0 Å². The summed E-state index contributed by atoms with van der Waals surface area (Å²) < 4.78 is 0. The van der Waals surface area contributed by atoms with Gasteiger partial charge in [0.25, 0.3) is 0 Å². The Balaban J connectivity index is 0.00000261.